The summed E-state index contributed by atoms with van der Waals surface area (Å²) in [4.78, 5) is 36.3. The smallest absolute Gasteiger partial charge is 0.458 e. The molecule has 0 rings (SSSR count). The van der Waals surface area contributed by atoms with Gasteiger partial charge in [-0.05, 0) is 5.92 Å². The molecule has 0 aromatic heterocycles. The summed E-state index contributed by atoms with van der Waals surface area (Å²) in [5, 5.41) is 0. The van der Waals surface area contributed by atoms with Gasteiger partial charge in [0, 0.05) is 0 Å². The molecule has 7 nitrogen and oxygen atoms in total. The van der Waals surface area contributed by atoms with E-state index in [0.717, 1.165) is 0 Å². The molecule has 1 amide bonds. The van der Waals surface area contributed by atoms with Crippen molar-refractivity contribution in [3.63, 3.8) is 0 Å². The average molecular weight is 301 g/mol. The monoisotopic (exact) mass is 301 g/mol. The van der Waals surface area contributed by atoms with E-state index < -0.39 is 37.2 Å². The van der Waals surface area contributed by atoms with Crippen molar-refractivity contribution in [2.75, 3.05) is 13.2 Å². The van der Waals surface area contributed by atoms with Crippen molar-refractivity contribution in [1.29, 1.82) is 0 Å². The quantitative estimate of drug-likeness (QED) is 0.468. The standard InChI is InChI=1S/C10H14F3NO6/c1-6(2)5-19-9(17)14-20-7(15)3-4-18-8(16)10(11,12)13/h6H,3-5H2,1-2H3,(H,14,17). The molecule has 0 aromatic rings. The third kappa shape index (κ3) is 9.00. The molecule has 0 fully saturated rings. The third-order valence-electron chi connectivity index (χ3n) is 1.57. The highest BCUT2D eigenvalue weighted by Crippen LogP contribution is 2.16. The molecule has 0 radical (unpaired) electrons. The summed E-state index contributed by atoms with van der Waals surface area (Å²) >= 11 is 0. The maximum Gasteiger partial charge on any atom is 0.490 e. The number of hydrogen-bond acceptors (Lipinski definition) is 6. The second-order valence-electron chi connectivity index (χ2n) is 3.95. The second kappa shape index (κ2) is 8.23. The molecular weight excluding hydrogens is 287 g/mol. The highest BCUT2D eigenvalue weighted by Gasteiger charge is 2.40. The van der Waals surface area contributed by atoms with Crippen LogP contribution in [0.25, 0.3) is 0 Å². The van der Waals surface area contributed by atoms with Gasteiger partial charge < -0.3 is 14.3 Å². The molecular formula is C10H14F3NO6. The lowest BCUT2D eigenvalue weighted by molar-refractivity contribution is -0.200. The number of rotatable bonds is 5. The summed E-state index contributed by atoms with van der Waals surface area (Å²) in [5.74, 6) is -3.41. The van der Waals surface area contributed by atoms with E-state index in [2.05, 4.69) is 14.3 Å². The molecule has 0 saturated carbocycles. The van der Waals surface area contributed by atoms with Crippen molar-refractivity contribution in [3.05, 3.63) is 0 Å². The van der Waals surface area contributed by atoms with Crippen LogP contribution in [0.3, 0.4) is 0 Å². The van der Waals surface area contributed by atoms with Gasteiger partial charge in [0.2, 0.25) is 0 Å². The number of halogens is 3. The predicted octanol–water partition coefficient (Wildman–Crippen LogP) is 1.32. The lowest BCUT2D eigenvalue weighted by Gasteiger charge is -2.09. The lowest BCUT2D eigenvalue weighted by atomic mass is 10.2. The summed E-state index contributed by atoms with van der Waals surface area (Å²) in [5.41, 5.74) is 1.63. The van der Waals surface area contributed by atoms with E-state index in [-0.39, 0.29) is 12.5 Å². The van der Waals surface area contributed by atoms with Crippen molar-refractivity contribution in [2.45, 2.75) is 26.4 Å². The van der Waals surface area contributed by atoms with E-state index >= 15 is 0 Å². The molecule has 0 aliphatic carbocycles. The van der Waals surface area contributed by atoms with Gasteiger partial charge in [0.25, 0.3) is 0 Å². The maximum absolute atomic E-state index is 11.7. The number of alkyl halides is 3. The zero-order valence-electron chi connectivity index (χ0n) is 10.8. The second-order valence-corrected chi connectivity index (χ2v) is 3.95. The van der Waals surface area contributed by atoms with Crippen LogP contribution in [-0.2, 0) is 23.9 Å². The van der Waals surface area contributed by atoms with Gasteiger partial charge in [-0.2, -0.15) is 13.2 Å². The number of nitrogens with one attached hydrogen (secondary N) is 1. The van der Waals surface area contributed by atoms with Gasteiger partial charge in [-0.3, -0.25) is 0 Å². The number of ether oxygens (including phenoxy) is 2. The Morgan fingerprint density at radius 3 is 2.25 bits per heavy atom. The molecule has 1 N–H and O–H groups in total. The Morgan fingerprint density at radius 1 is 1.15 bits per heavy atom. The Bertz CT molecular complexity index is 355. The van der Waals surface area contributed by atoms with E-state index in [9.17, 15) is 27.6 Å². The molecule has 0 heterocycles. The molecule has 0 aromatic carbocycles. The van der Waals surface area contributed by atoms with Crippen LogP contribution in [0.15, 0.2) is 0 Å². The van der Waals surface area contributed by atoms with Crippen LogP contribution >= 0.6 is 0 Å². The van der Waals surface area contributed by atoms with Crippen molar-refractivity contribution in [1.82, 2.24) is 5.48 Å². The molecule has 0 unspecified atom stereocenters. The zero-order valence-corrected chi connectivity index (χ0v) is 10.8. The Hall–Kier alpha value is -2.00. The molecule has 10 heteroatoms. The lowest BCUT2D eigenvalue weighted by Crippen LogP contribution is -2.30. The van der Waals surface area contributed by atoms with E-state index in [1.54, 1.807) is 19.3 Å². The van der Waals surface area contributed by atoms with Gasteiger partial charge in [0.1, 0.15) is 6.61 Å². The van der Waals surface area contributed by atoms with Crippen LogP contribution in [0, 0.1) is 5.92 Å². The van der Waals surface area contributed by atoms with Gasteiger partial charge in [0.15, 0.2) is 0 Å². The Balaban J connectivity index is 3.75. The van der Waals surface area contributed by atoms with E-state index in [4.69, 9.17) is 0 Å². The third-order valence-corrected chi connectivity index (χ3v) is 1.57. The molecule has 116 valence electrons. The van der Waals surface area contributed by atoms with Crippen molar-refractivity contribution < 1.29 is 41.9 Å². The minimum Gasteiger partial charge on any atom is -0.458 e. The fourth-order valence-corrected chi connectivity index (χ4v) is 0.730. The Labute approximate surface area is 112 Å². The summed E-state index contributed by atoms with van der Waals surface area (Å²) in [6.07, 6.45) is -6.78. The summed E-state index contributed by atoms with van der Waals surface area (Å²) in [6.45, 7) is 2.86. The summed E-state index contributed by atoms with van der Waals surface area (Å²) in [6, 6.07) is 0. The topological polar surface area (TPSA) is 90.9 Å². The van der Waals surface area contributed by atoms with Crippen LogP contribution in [0.1, 0.15) is 20.3 Å². The van der Waals surface area contributed by atoms with Gasteiger partial charge in [0.05, 0.1) is 13.0 Å². The molecule has 20 heavy (non-hydrogen) atoms. The van der Waals surface area contributed by atoms with Crippen LogP contribution in [-0.4, -0.2) is 37.4 Å². The molecule has 0 spiro atoms. The Morgan fingerprint density at radius 2 is 1.75 bits per heavy atom. The largest absolute Gasteiger partial charge is 0.490 e. The minimum absolute atomic E-state index is 0.0817. The zero-order chi connectivity index (χ0) is 15.8. The fourth-order valence-electron chi connectivity index (χ4n) is 0.730. The van der Waals surface area contributed by atoms with Crippen LogP contribution in [0.5, 0.6) is 0 Å². The average Bonchev–Trinajstić information content (AvgIpc) is 2.32. The predicted molar refractivity (Wildman–Crippen MR) is 57.0 cm³/mol. The van der Waals surface area contributed by atoms with Crippen LogP contribution < -0.4 is 5.48 Å². The number of hydrogen-bond donors (Lipinski definition) is 1. The fraction of sp³-hybridized carbons (Fsp3) is 0.700. The number of hydroxylamine groups is 1. The molecule has 0 bridgehead atoms. The number of carbonyl (C=O) groups is 3. The van der Waals surface area contributed by atoms with E-state index in [1.807, 2.05) is 0 Å². The maximum atomic E-state index is 11.7. The normalized spacial score (nSPS) is 10.9. The molecule has 0 aliphatic heterocycles. The number of carbonyl (C=O) groups excluding carboxylic acids is 3. The van der Waals surface area contributed by atoms with Crippen molar-refractivity contribution in [2.24, 2.45) is 5.92 Å². The highest BCUT2D eigenvalue weighted by atomic mass is 19.4. The van der Waals surface area contributed by atoms with Crippen LogP contribution in [0.4, 0.5) is 18.0 Å². The van der Waals surface area contributed by atoms with Gasteiger partial charge >= 0.3 is 24.2 Å². The minimum atomic E-state index is -5.12. The first-order valence-electron chi connectivity index (χ1n) is 5.49. The van der Waals surface area contributed by atoms with Crippen molar-refractivity contribution >= 4 is 18.0 Å². The van der Waals surface area contributed by atoms with Crippen LogP contribution in [0.2, 0.25) is 0 Å². The van der Waals surface area contributed by atoms with E-state index in [1.165, 1.54) is 0 Å². The summed E-state index contributed by atoms with van der Waals surface area (Å²) in [7, 11) is 0. The van der Waals surface area contributed by atoms with Crippen molar-refractivity contribution in [3.8, 4) is 0 Å². The highest BCUT2D eigenvalue weighted by molar-refractivity contribution is 5.76. The van der Waals surface area contributed by atoms with Gasteiger partial charge in [-0.15, -0.1) is 5.48 Å². The first kappa shape index (κ1) is 18.0. The Kier molecular flexibility index (Phi) is 7.40. The molecule has 0 saturated heterocycles. The number of amides is 1. The van der Waals surface area contributed by atoms with E-state index in [0.29, 0.717) is 0 Å². The first-order valence-corrected chi connectivity index (χ1v) is 5.49. The SMILES string of the molecule is CC(C)COC(=O)NOC(=O)CCOC(=O)C(F)(F)F. The van der Waals surface area contributed by atoms with Gasteiger partial charge in [-0.25, -0.2) is 14.4 Å². The molecule has 0 atom stereocenters. The summed E-state index contributed by atoms with van der Waals surface area (Å²) < 4.78 is 43.5. The first-order chi connectivity index (χ1) is 9.12. The molecule has 0 aliphatic rings. The number of esters is 1. The van der Waals surface area contributed by atoms with Gasteiger partial charge in [-0.1, -0.05) is 13.8 Å².